The third kappa shape index (κ3) is 5.53. The van der Waals surface area contributed by atoms with Crippen molar-refractivity contribution in [2.75, 3.05) is 20.8 Å². The Morgan fingerprint density at radius 3 is 2.64 bits per heavy atom. The topological polar surface area (TPSA) is 69.2 Å². The van der Waals surface area contributed by atoms with Crippen molar-refractivity contribution >= 4 is 12.1 Å². The molecule has 0 aliphatic heterocycles. The molecule has 0 fully saturated rings. The van der Waals surface area contributed by atoms with Gasteiger partial charge in [-0.05, 0) is 47.9 Å². The number of ether oxygens (including phenoxy) is 3. The molecule has 0 heterocycles. The van der Waals surface area contributed by atoms with Crippen LogP contribution < -0.4 is 19.6 Å². The highest BCUT2D eigenvalue weighted by atomic mass is 16.5. The van der Waals surface area contributed by atoms with Gasteiger partial charge in [-0.2, -0.15) is 5.10 Å². The predicted molar refractivity (Wildman–Crippen MR) is 96.6 cm³/mol. The van der Waals surface area contributed by atoms with Crippen molar-refractivity contribution in [3.63, 3.8) is 0 Å². The largest absolute Gasteiger partial charge is 0.493 e. The first kappa shape index (κ1) is 18.3. The number of benzene rings is 2. The molecule has 0 spiro atoms. The fraction of sp³-hybridized carbons (Fsp3) is 0.263. The van der Waals surface area contributed by atoms with E-state index < -0.39 is 0 Å². The van der Waals surface area contributed by atoms with Gasteiger partial charge in [-0.1, -0.05) is 19.1 Å². The Morgan fingerprint density at radius 1 is 1.12 bits per heavy atom. The number of amides is 1. The molecule has 2 aromatic rings. The van der Waals surface area contributed by atoms with E-state index in [2.05, 4.69) is 17.5 Å². The summed E-state index contributed by atoms with van der Waals surface area (Å²) in [6, 6.07) is 13.0. The van der Waals surface area contributed by atoms with E-state index >= 15 is 0 Å². The number of nitrogens with one attached hydrogen (secondary N) is 1. The van der Waals surface area contributed by atoms with E-state index in [1.165, 1.54) is 6.21 Å². The summed E-state index contributed by atoms with van der Waals surface area (Å²) in [7, 11) is 3.13. The van der Waals surface area contributed by atoms with Gasteiger partial charge in [0.05, 0.1) is 20.4 Å². The second-order valence-corrected chi connectivity index (χ2v) is 5.20. The molecule has 0 atom stereocenters. The minimum atomic E-state index is -0.335. The van der Waals surface area contributed by atoms with Crippen molar-refractivity contribution in [3.8, 4) is 17.2 Å². The zero-order valence-electron chi connectivity index (χ0n) is 14.6. The third-order valence-electron chi connectivity index (χ3n) is 3.49. The molecule has 2 aromatic carbocycles. The molecule has 25 heavy (non-hydrogen) atoms. The van der Waals surface area contributed by atoms with Crippen LogP contribution >= 0.6 is 0 Å². The zero-order chi connectivity index (χ0) is 18.1. The van der Waals surface area contributed by atoms with Crippen LogP contribution in [0.4, 0.5) is 0 Å². The van der Waals surface area contributed by atoms with E-state index in [1.807, 2.05) is 30.3 Å². The lowest BCUT2D eigenvalue weighted by molar-refractivity contribution is -0.123. The molecular weight excluding hydrogens is 320 g/mol. The standard InChI is InChI=1S/C19H22N2O4/c1-4-14-6-5-7-16(10-14)25-13-19(22)21-20-12-15-8-9-17(23-2)18(11-15)24-3/h5-12H,4,13H2,1-3H3,(H,21,22)/b20-12+. The average Bonchev–Trinajstić information content (AvgIpc) is 2.66. The summed E-state index contributed by atoms with van der Waals surface area (Å²) in [6.07, 6.45) is 2.44. The van der Waals surface area contributed by atoms with Crippen molar-refractivity contribution < 1.29 is 19.0 Å². The molecule has 1 N–H and O–H groups in total. The van der Waals surface area contributed by atoms with Gasteiger partial charge in [0.15, 0.2) is 18.1 Å². The number of aryl methyl sites for hydroxylation is 1. The molecule has 0 aliphatic carbocycles. The maximum absolute atomic E-state index is 11.8. The van der Waals surface area contributed by atoms with Crippen LogP contribution in [0, 0.1) is 0 Å². The summed E-state index contributed by atoms with van der Waals surface area (Å²) in [4.78, 5) is 11.8. The van der Waals surface area contributed by atoms with Gasteiger partial charge < -0.3 is 14.2 Å². The van der Waals surface area contributed by atoms with Gasteiger partial charge in [0.25, 0.3) is 5.91 Å². The molecule has 0 unspecified atom stereocenters. The molecular formula is C19H22N2O4. The lowest BCUT2D eigenvalue weighted by Gasteiger charge is -2.07. The lowest BCUT2D eigenvalue weighted by Crippen LogP contribution is -2.24. The Morgan fingerprint density at radius 2 is 1.92 bits per heavy atom. The van der Waals surface area contributed by atoms with E-state index in [0.717, 1.165) is 17.5 Å². The fourth-order valence-electron chi connectivity index (χ4n) is 2.15. The SMILES string of the molecule is CCc1cccc(OCC(=O)N/N=C/c2ccc(OC)c(OC)c2)c1. The van der Waals surface area contributed by atoms with Crippen LogP contribution in [0.15, 0.2) is 47.6 Å². The van der Waals surface area contributed by atoms with E-state index in [1.54, 1.807) is 26.4 Å². The molecule has 6 heteroatoms. The number of carbonyl (C=O) groups is 1. The highest BCUT2D eigenvalue weighted by Crippen LogP contribution is 2.26. The van der Waals surface area contributed by atoms with Gasteiger partial charge in [-0.25, -0.2) is 5.43 Å². The van der Waals surface area contributed by atoms with Crippen molar-refractivity contribution in [2.24, 2.45) is 5.10 Å². The van der Waals surface area contributed by atoms with Crippen molar-refractivity contribution in [2.45, 2.75) is 13.3 Å². The molecule has 0 bridgehead atoms. The first-order valence-electron chi connectivity index (χ1n) is 7.92. The van der Waals surface area contributed by atoms with Gasteiger partial charge in [0.1, 0.15) is 5.75 Å². The Bertz CT molecular complexity index is 744. The summed E-state index contributed by atoms with van der Waals surface area (Å²) < 4.78 is 15.8. The smallest absolute Gasteiger partial charge is 0.277 e. The van der Waals surface area contributed by atoms with E-state index in [9.17, 15) is 4.79 Å². The van der Waals surface area contributed by atoms with E-state index in [0.29, 0.717) is 17.2 Å². The monoisotopic (exact) mass is 342 g/mol. The molecule has 0 aliphatic rings. The third-order valence-corrected chi connectivity index (χ3v) is 3.49. The van der Waals surface area contributed by atoms with Crippen LogP contribution in [-0.2, 0) is 11.2 Å². The first-order valence-corrected chi connectivity index (χ1v) is 7.92. The molecule has 6 nitrogen and oxygen atoms in total. The first-order chi connectivity index (χ1) is 12.2. The Balaban J connectivity index is 1.85. The van der Waals surface area contributed by atoms with Crippen molar-refractivity contribution in [1.82, 2.24) is 5.43 Å². The van der Waals surface area contributed by atoms with Crippen LogP contribution in [-0.4, -0.2) is 32.9 Å². The summed E-state index contributed by atoms with van der Waals surface area (Å²) in [5, 5.41) is 3.92. The molecule has 0 saturated carbocycles. The second kappa shape index (κ2) is 9.32. The zero-order valence-corrected chi connectivity index (χ0v) is 14.6. The number of methoxy groups -OCH3 is 2. The molecule has 0 aromatic heterocycles. The number of hydrogen-bond acceptors (Lipinski definition) is 5. The summed E-state index contributed by atoms with van der Waals surface area (Å²) in [6.45, 7) is 1.96. The quantitative estimate of drug-likeness (QED) is 0.592. The van der Waals surface area contributed by atoms with Gasteiger partial charge in [-0.3, -0.25) is 4.79 Å². The van der Waals surface area contributed by atoms with Gasteiger partial charge in [-0.15, -0.1) is 0 Å². The minimum Gasteiger partial charge on any atom is -0.493 e. The predicted octanol–water partition coefficient (Wildman–Crippen LogP) is 2.80. The molecule has 1 amide bonds. The number of nitrogens with zero attached hydrogens (tertiary/aromatic N) is 1. The summed E-state index contributed by atoms with van der Waals surface area (Å²) in [5.74, 6) is 1.56. The molecule has 132 valence electrons. The number of hydrazone groups is 1. The number of carbonyl (C=O) groups excluding carboxylic acids is 1. The van der Waals surface area contributed by atoms with Crippen LogP contribution in [0.1, 0.15) is 18.1 Å². The number of hydrogen-bond donors (Lipinski definition) is 1. The number of rotatable bonds is 8. The second-order valence-electron chi connectivity index (χ2n) is 5.20. The highest BCUT2D eigenvalue weighted by molar-refractivity contribution is 5.83. The van der Waals surface area contributed by atoms with Crippen LogP contribution in [0.3, 0.4) is 0 Å². The van der Waals surface area contributed by atoms with Crippen molar-refractivity contribution in [1.29, 1.82) is 0 Å². The normalized spacial score (nSPS) is 10.5. The summed E-state index contributed by atoms with van der Waals surface area (Å²) in [5.41, 5.74) is 4.36. The molecule has 0 saturated heterocycles. The highest BCUT2D eigenvalue weighted by Gasteiger charge is 2.04. The minimum absolute atomic E-state index is 0.101. The van der Waals surface area contributed by atoms with Crippen LogP contribution in [0.25, 0.3) is 0 Å². The fourth-order valence-corrected chi connectivity index (χ4v) is 2.15. The summed E-state index contributed by atoms with van der Waals surface area (Å²) >= 11 is 0. The average molecular weight is 342 g/mol. The van der Waals surface area contributed by atoms with E-state index in [-0.39, 0.29) is 12.5 Å². The van der Waals surface area contributed by atoms with Gasteiger partial charge in [0.2, 0.25) is 0 Å². The van der Waals surface area contributed by atoms with Crippen molar-refractivity contribution in [3.05, 3.63) is 53.6 Å². The maximum atomic E-state index is 11.8. The Kier molecular flexibility index (Phi) is 6.83. The maximum Gasteiger partial charge on any atom is 0.277 e. The Hall–Kier alpha value is -3.02. The van der Waals surface area contributed by atoms with Crippen LogP contribution in [0.2, 0.25) is 0 Å². The van der Waals surface area contributed by atoms with Gasteiger partial charge in [0, 0.05) is 0 Å². The Labute approximate surface area is 147 Å². The van der Waals surface area contributed by atoms with Gasteiger partial charge >= 0.3 is 0 Å². The molecule has 2 rings (SSSR count). The molecule has 0 radical (unpaired) electrons. The lowest BCUT2D eigenvalue weighted by atomic mass is 10.2. The van der Waals surface area contributed by atoms with Crippen LogP contribution in [0.5, 0.6) is 17.2 Å². The van der Waals surface area contributed by atoms with E-state index in [4.69, 9.17) is 14.2 Å².